The van der Waals surface area contributed by atoms with Gasteiger partial charge in [0.25, 0.3) is 0 Å². The van der Waals surface area contributed by atoms with E-state index in [-0.39, 0.29) is 0 Å². The lowest BCUT2D eigenvalue weighted by molar-refractivity contribution is 1.35. The molecule has 0 saturated heterocycles. The molecule has 0 aromatic heterocycles. The van der Waals surface area contributed by atoms with E-state index >= 15 is 0 Å². The molecule has 2 rings (SSSR count). The van der Waals surface area contributed by atoms with Gasteiger partial charge in [-0.1, -0.05) is 23.2 Å². The number of fused-ring (bicyclic) bond motifs is 1. The van der Waals surface area contributed by atoms with Gasteiger partial charge in [0.2, 0.25) is 0 Å². The smallest absolute Gasteiger partial charge is 0.0595 e. The van der Waals surface area contributed by atoms with Gasteiger partial charge in [0.05, 0.1) is 10.0 Å². The molecule has 1 heterocycles. The maximum atomic E-state index is 5.85. The quantitative estimate of drug-likeness (QED) is 0.621. The molecule has 0 amide bonds. The zero-order valence-corrected chi connectivity index (χ0v) is 8.06. The molecule has 0 atom stereocenters. The highest BCUT2D eigenvalue weighted by molar-refractivity contribution is 7.98. The SMILES string of the molecule is Clc1cc2c(cc1Cl)CSC2. The molecule has 0 aliphatic carbocycles. The largest absolute Gasteiger partial charge is 0.152 e. The summed E-state index contributed by atoms with van der Waals surface area (Å²) in [6.07, 6.45) is 0. The van der Waals surface area contributed by atoms with Crippen LogP contribution in [0.25, 0.3) is 0 Å². The molecular weight excluding hydrogens is 199 g/mol. The number of hydrogen-bond acceptors (Lipinski definition) is 1. The van der Waals surface area contributed by atoms with Crippen LogP contribution in [0.3, 0.4) is 0 Å². The van der Waals surface area contributed by atoms with Crippen LogP contribution in [0.4, 0.5) is 0 Å². The van der Waals surface area contributed by atoms with Crippen molar-refractivity contribution < 1.29 is 0 Å². The molecule has 0 nitrogen and oxygen atoms in total. The maximum absolute atomic E-state index is 5.85. The van der Waals surface area contributed by atoms with Crippen LogP contribution in [0.5, 0.6) is 0 Å². The Hall–Kier alpha value is 0.150. The van der Waals surface area contributed by atoms with Crippen molar-refractivity contribution in [2.24, 2.45) is 0 Å². The van der Waals surface area contributed by atoms with E-state index in [0.29, 0.717) is 10.0 Å². The summed E-state index contributed by atoms with van der Waals surface area (Å²) in [4.78, 5) is 0. The molecule has 0 N–H and O–H groups in total. The molecule has 11 heavy (non-hydrogen) atoms. The molecule has 0 saturated carbocycles. The summed E-state index contributed by atoms with van der Waals surface area (Å²) in [5, 5.41) is 1.35. The van der Waals surface area contributed by atoms with Crippen molar-refractivity contribution in [1.82, 2.24) is 0 Å². The third-order valence-corrected chi connectivity index (χ3v) is 3.51. The van der Waals surface area contributed by atoms with E-state index in [1.807, 2.05) is 23.9 Å². The number of halogens is 2. The van der Waals surface area contributed by atoms with E-state index in [1.165, 1.54) is 11.1 Å². The average Bonchev–Trinajstić information content (AvgIpc) is 2.36. The van der Waals surface area contributed by atoms with Gasteiger partial charge in [-0.05, 0) is 23.3 Å². The van der Waals surface area contributed by atoms with Gasteiger partial charge in [-0.15, -0.1) is 0 Å². The summed E-state index contributed by atoms with van der Waals surface area (Å²) in [5.74, 6) is 2.15. The Morgan fingerprint density at radius 3 is 1.91 bits per heavy atom. The molecule has 1 aliphatic rings. The maximum Gasteiger partial charge on any atom is 0.0595 e. The fourth-order valence-electron chi connectivity index (χ4n) is 1.17. The fourth-order valence-corrected chi connectivity index (χ4v) is 2.62. The lowest BCUT2D eigenvalue weighted by Crippen LogP contribution is -1.81. The highest BCUT2D eigenvalue weighted by atomic mass is 35.5. The Kier molecular flexibility index (Phi) is 2.04. The molecule has 3 heteroatoms. The van der Waals surface area contributed by atoms with Crippen molar-refractivity contribution in [2.45, 2.75) is 11.5 Å². The first-order valence-corrected chi connectivity index (χ1v) is 5.23. The Balaban J connectivity index is 2.57. The zero-order valence-electron chi connectivity index (χ0n) is 5.73. The molecule has 58 valence electrons. The molecule has 0 fully saturated rings. The number of thioether (sulfide) groups is 1. The summed E-state index contributed by atoms with van der Waals surface area (Å²) < 4.78 is 0. The summed E-state index contributed by atoms with van der Waals surface area (Å²) in [6, 6.07) is 3.94. The van der Waals surface area contributed by atoms with Crippen LogP contribution in [0.1, 0.15) is 11.1 Å². The monoisotopic (exact) mass is 204 g/mol. The summed E-state index contributed by atoms with van der Waals surface area (Å²) >= 11 is 13.6. The highest BCUT2D eigenvalue weighted by Crippen LogP contribution is 2.35. The molecule has 1 aromatic rings. The van der Waals surface area contributed by atoms with Gasteiger partial charge < -0.3 is 0 Å². The van der Waals surface area contributed by atoms with Gasteiger partial charge in [0, 0.05) is 11.5 Å². The first kappa shape index (κ1) is 7.78. The average molecular weight is 205 g/mol. The first-order valence-electron chi connectivity index (χ1n) is 3.32. The summed E-state index contributed by atoms with van der Waals surface area (Å²) in [7, 11) is 0. The van der Waals surface area contributed by atoms with Gasteiger partial charge in [-0.2, -0.15) is 11.8 Å². The predicted molar refractivity (Wildman–Crippen MR) is 51.5 cm³/mol. The van der Waals surface area contributed by atoms with Crippen LogP contribution in [-0.4, -0.2) is 0 Å². The molecule has 1 aliphatic heterocycles. The van der Waals surface area contributed by atoms with Crippen LogP contribution in [0.15, 0.2) is 12.1 Å². The zero-order chi connectivity index (χ0) is 7.84. The van der Waals surface area contributed by atoms with E-state index in [9.17, 15) is 0 Å². The Bertz CT molecular complexity index is 267. The lowest BCUT2D eigenvalue weighted by atomic mass is 10.1. The summed E-state index contributed by atoms with van der Waals surface area (Å²) in [6.45, 7) is 0. The fraction of sp³-hybridized carbons (Fsp3) is 0.250. The van der Waals surface area contributed by atoms with Crippen molar-refractivity contribution in [2.75, 3.05) is 0 Å². The van der Waals surface area contributed by atoms with Crippen LogP contribution in [-0.2, 0) is 11.5 Å². The van der Waals surface area contributed by atoms with Crippen LogP contribution < -0.4 is 0 Å². The second kappa shape index (κ2) is 2.89. The topological polar surface area (TPSA) is 0 Å². The molecule has 0 unspecified atom stereocenters. The van der Waals surface area contributed by atoms with E-state index < -0.39 is 0 Å². The van der Waals surface area contributed by atoms with Crippen molar-refractivity contribution in [3.05, 3.63) is 33.3 Å². The second-order valence-corrected chi connectivity index (χ2v) is 4.33. The van der Waals surface area contributed by atoms with Crippen molar-refractivity contribution >= 4 is 35.0 Å². The van der Waals surface area contributed by atoms with Gasteiger partial charge in [-0.25, -0.2) is 0 Å². The minimum atomic E-state index is 0.674. The molecular formula is C8H6Cl2S. The standard InChI is InChI=1S/C8H6Cl2S/c9-7-1-5-3-11-4-6(5)2-8(7)10/h1-2H,3-4H2. The highest BCUT2D eigenvalue weighted by Gasteiger charge is 2.12. The van der Waals surface area contributed by atoms with Crippen molar-refractivity contribution in [3.8, 4) is 0 Å². The molecule has 0 bridgehead atoms. The third kappa shape index (κ3) is 1.37. The minimum absolute atomic E-state index is 0.674. The van der Waals surface area contributed by atoms with Crippen LogP contribution in [0.2, 0.25) is 10.0 Å². The number of hydrogen-bond donors (Lipinski definition) is 0. The number of rotatable bonds is 0. The van der Waals surface area contributed by atoms with Gasteiger partial charge in [0.1, 0.15) is 0 Å². The van der Waals surface area contributed by atoms with E-state index in [2.05, 4.69) is 0 Å². The Morgan fingerprint density at radius 2 is 1.45 bits per heavy atom. The Morgan fingerprint density at radius 1 is 1.00 bits per heavy atom. The lowest BCUT2D eigenvalue weighted by Gasteiger charge is -1.99. The predicted octanol–water partition coefficient (Wildman–Crippen LogP) is 3.74. The second-order valence-electron chi connectivity index (χ2n) is 2.53. The summed E-state index contributed by atoms with van der Waals surface area (Å²) in [5.41, 5.74) is 2.67. The third-order valence-electron chi connectivity index (χ3n) is 1.76. The first-order chi connectivity index (χ1) is 5.27. The molecule has 0 spiro atoms. The normalized spacial score (nSPS) is 15.1. The molecule has 1 aromatic carbocycles. The van der Waals surface area contributed by atoms with Gasteiger partial charge >= 0.3 is 0 Å². The van der Waals surface area contributed by atoms with Crippen LogP contribution in [0, 0.1) is 0 Å². The molecule has 0 radical (unpaired) electrons. The number of benzene rings is 1. The van der Waals surface area contributed by atoms with Gasteiger partial charge in [-0.3, -0.25) is 0 Å². The van der Waals surface area contributed by atoms with Crippen molar-refractivity contribution in [3.63, 3.8) is 0 Å². The van der Waals surface area contributed by atoms with Gasteiger partial charge in [0.15, 0.2) is 0 Å². The van der Waals surface area contributed by atoms with E-state index in [1.54, 1.807) is 0 Å². The van der Waals surface area contributed by atoms with Crippen LogP contribution >= 0.6 is 35.0 Å². The Labute approximate surface area is 79.9 Å². The van der Waals surface area contributed by atoms with E-state index in [4.69, 9.17) is 23.2 Å². The minimum Gasteiger partial charge on any atom is -0.152 e. The van der Waals surface area contributed by atoms with E-state index in [0.717, 1.165) is 11.5 Å². The van der Waals surface area contributed by atoms with Crippen molar-refractivity contribution in [1.29, 1.82) is 0 Å².